The maximum absolute atomic E-state index is 8.32. The van der Waals surface area contributed by atoms with E-state index in [2.05, 4.69) is 168 Å². The molecule has 0 unspecified atom stereocenters. The van der Waals surface area contributed by atoms with Crippen LogP contribution >= 0.6 is 11.8 Å². The predicted octanol–water partition coefficient (Wildman–Crippen LogP) is 7.40. The highest BCUT2D eigenvalue weighted by atomic mass is 32.2. The summed E-state index contributed by atoms with van der Waals surface area (Å²) in [6.45, 7) is 2.70. The molecule has 250 valence electrons. The molecule has 0 bridgehead atoms. The molecule has 0 spiro atoms. The highest BCUT2D eigenvalue weighted by Crippen LogP contribution is 2.34. The highest BCUT2D eigenvalue weighted by Gasteiger charge is 2.46. The normalized spacial score (nSPS) is 14.8. The van der Waals surface area contributed by atoms with Crippen LogP contribution in [0.5, 0.6) is 0 Å². The first-order valence-corrected chi connectivity index (χ1v) is 23.5. The van der Waals surface area contributed by atoms with E-state index in [9.17, 15) is 0 Å². The largest absolute Gasteiger partial charge is 0.278 e. The van der Waals surface area contributed by atoms with Gasteiger partial charge in [0.25, 0.3) is 0 Å². The van der Waals surface area contributed by atoms with Gasteiger partial charge in [0.05, 0.1) is 22.1 Å². The third-order valence-corrected chi connectivity index (χ3v) is 21.2. The van der Waals surface area contributed by atoms with E-state index < -0.39 is 23.0 Å². The summed E-state index contributed by atoms with van der Waals surface area (Å²) >= 11 is 1.94. The lowest BCUT2D eigenvalue weighted by Gasteiger charge is -2.40. The number of aryl methyl sites for hydroxylation is 1. The first kappa shape index (κ1) is 28.2. The Morgan fingerprint density at radius 2 is 1.21 bits per heavy atom. The van der Waals surface area contributed by atoms with Crippen LogP contribution in [0.4, 0.5) is 0 Å². The van der Waals surface area contributed by atoms with Gasteiger partial charge in [0.1, 0.15) is 8.07 Å². The minimum Gasteiger partial charge on any atom is -0.278 e. The van der Waals surface area contributed by atoms with Crippen LogP contribution in [0.3, 0.4) is 0 Å². The SMILES string of the molecule is [2H]C([2H])([2H])c1cccc2c1nc1n(-c3cccc([Si](c4ccccc4)(c4ccccc4)c4cccc5c4Sc4ccccc4[Si]5(C)C)c3)c3ccccc3n21. The minimum absolute atomic E-state index is 0.261. The van der Waals surface area contributed by atoms with Crippen LogP contribution in [-0.4, -0.2) is 30.1 Å². The van der Waals surface area contributed by atoms with E-state index in [-0.39, 0.29) is 5.56 Å². The predicted molar refractivity (Wildman–Crippen MR) is 225 cm³/mol. The summed E-state index contributed by atoms with van der Waals surface area (Å²) in [5.41, 5.74) is 4.51. The Bertz CT molecular complexity index is 2900. The fourth-order valence-corrected chi connectivity index (χ4v) is 19.7. The molecule has 0 amide bonds. The lowest BCUT2D eigenvalue weighted by Crippen LogP contribution is -2.76. The van der Waals surface area contributed by atoms with Crippen molar-refractivity contribution in [2.24, 2.45) is 0 Å². The average molecular weight is 723 g/mol. The average Bonchev–Trinajstić information content (AvgIpc) is 3.74. The molecule has 0 aliphatic carbocycles. The number of imidazole rings is 2. The van der Waals surface area contributed by atoms with Gasteiger partial charge in [-0.2, -0.15) is 0 Å². The second kappa shape index (κ2) is 11.8. The van der Waals surface area contributed by atoms with E-state index in [4.69, 9.17) is 9.10 Å². The van der Waals surface area contributed by atoms with Crippen molar-refractivity contribution >= 4 is 86.9 Å². The Labute approximate surface area is 314 Å². The van der Waals surface area contributed by atoms with Crippen LogP contribution in [-0.2, 0) is 0 Å². The smallest absolute Gasteiger partial charge is 0.220 e. The summed E-state index contributed by atoms with van der Waals surface area (Å²) < 4.78 is 29.3. The van der Waals surface area contributed by atoms with Gasteiger partial charge in [0.15, 0.2) is 8.07 Å². The maximum atomic E-state index is 8.32. The number of hydrogen-bond acceptors (Lipinski definition) is 2. The second-order valence-electron chi connectivity index (χ2n) is 14.2. The van der Waals surface area contributed by atoms with Crippen molar-refractivity contribution in [3.8, 4) is 5.69 Å². The number of rotatable bonds is 5. The lowest BCUT2D eigenvalue weighted by atomic mass is 10.2. The Morgan fingerprint density at radius 3 is 1.98 bits per heavy atom. The summed E-state index contributed by atoms with van der Waals surface area (Å²) in [5, 5.41) is 8.29. The molecular weight excluding hydrogens is 683 g/mol. The van der Waals surface area contributed by atoms with Gasteiger partial charge >= 0.3 is 0 Å². The van der Waals surface area contributed by atoms with Crippen molar-refractivity contribution in [3.63, 3.8) is 0 Å². The first-order valence-electron chi connectivity index (χ1n) is 19.2. The second-order valence-corrected chi connectivity index (χ2v) is 23.3. The third-order valence-electron chi connectivity index (χ3n) is 11.0. The van der Waals surface area contributed by atoms with Crippen LogP contribution in [0.15, 0.2) is 180 Å². The zero-order valence-corrected chi connectivity index (χ0v) is 31.7. The summed E-state index contributed by atoms with van der Waals surface area (Å²) in [7, 11) is -5.07. The Balaban J connectivity index is 1.30. The fraction of sp³-hybridized carbons (Fsp3) is 0.0652. The van der Waals surface area contributed by atoms with E-state index in [1.165, 1.54) is 40.9 Å². The number of benzene rings is 7. The molecule has 3 nitrogen and oxygen atoms in total. The number of fused-ring (bicyclic) bond motifs is 7. The van der Waals surface area contributed by atoms with Crippen molar-refractivity contribution in [3.05, 3.63) is 175 Å². The molecule has 0 saturated heterocycles. The van der Waals surface area contributed by atoms with Crippen LogP contribution in [0.2, 0.25) is 13.1 Å². The van der Waals surface area contributed by atoms with Gasteiger partial charge in [0.2, 0.25) is 5.78 Å². The Hall–Kier alpha value is -5.41. The van der Waals surface area contributed by atoms with E-state index in [0.29, 0.717) is 11.3 Å². The monoisotopic (exact) mass is 722 g/mol. The quantitative estimate of drug-likeness (QED) is 0.137. The van der Waals surface area contributed by atoms with Gasteiger partial charge in [-0.25, -0.2) is 4.98 Å². The van der Waals surface area contributed by atoms with Gasteiger partial charge < -0.3 is 0 Å². The number of hydrogen-bond donors (Lipinski definition) is 0. The molecule has 1 aliphatic heterocycles. The van der Waals surface area contributed by atoms with Crippen molar-refractivity contribution in [1.82, 2.24) is 14.0 Å². The topological polar surface area (TPSA) is 22.2 Å². The molecule has 10 rings (SSSR count). The lowest BCUT2D eigenvalue weighted by molar-refractivity contribution is 1.11. The summed E-state index contributed by atoms with van der Waals surface area (Å²) in [6.07, 6.45) is 0. The van der Waals surface area contributed by atoms with Crippen molar-refractivity contribution in [2.75, 3.05) is 0 Å². The molecule has 6 heteroatoms. The molecule has 7 aromatic carbocycles. The summed E-state index contributed by atoms with van der Waals surface area (Å²) in [6, 6.07) is 61.2. The fourth-order valence-electron chi connectivity index (χ4n) is 8.66. The van der Waals surface area contributed by atoms with Crippen LogP contribution in [0, 0.1) is 6.85 Å². The molecular formula is C46H37N3SSi2. The molecule has 0 saturated carbocycles. The van der Waals surface area contributed by atoms with Gasteiger partial charge in [-0.1, -0.05) is 158 Å². The summed E-state index contributed by atoms with van der Waals surface area (Å²) in [4.78, 5) is 7.89. The minimum atomic E-state index is -3.02. The number of nitrogens with zero attached hydrogens (tertiary/aromatic N) is 3. The van der Waals surface area contributed by atoms with E-state index >= 15 is 0 Å². The molecule has 0 N–H and O–H groups in total. The zero-order chi connectivity index (χ0) is 37.5. The van der Waals surface area contributed by atoms with E-state index in [1.54, 1.807) is 6.07 Å². The van der Waals surface area contributed by atoms with Crippen molar-refractivity contribution in [2.45, 2.75) is 29.7 Å². The van der Waals surface area contributed by atoms with Crippen molar-refractivity contribution < 1.29 is 4.11 Å². The number of aromatic nitrogens is 3. The van der Waals surface area contributed by atoms with E-state index in [1.807, 2.05) is 30.0 Å². The van der Waals surface area contributed by atoms with Gasteiger partial charge in [0, 0.05) is 19.6 Å². The number of para-hydroxylation sites is 3. The standard InChI is InChI=1S/C46H37N3SSi2/c1-32-17-14-26-39-44(32)47-46-48(37-24-10-11-25-38(37)49(39)46)33-18-15-23-36(31-33)52(34-19-6-4-7-20-34,35-21-8-5-9-22-35)43-30-16-29-42-45(43)50-40-27-12-13-28-41(40)51(42,2)3/h4-31H,1-3H3/i1D3. The zero-order valence-electron chi connectivity index (χ0n) is 31.9. The van der Waals surface area contributed by atoms with Crippen LogP contribution in [0.25, 0.3) is 33.5 Å². The summed E-state index contributed by atoms with van der Waals surface area (Å²) in [5.74, 6) is 0.689. The van der Waals surface area contributed by atoms with Crippen LogP contribution in [0.1, 0.15) is 9.68 Å². The molecule has 0 fully saturated rings. The van der Waals surface area contributed by atoms with Gasteiger partial charge in [-0.3, -0.25) is 8.97 Å². The molecule has 1 aliphatic rings. The molecule has 0 atom stereocenters. The molecule has 3 heterocycles. The van der Waals surface area contributed by atoms with Crippen LogP contribution < -0.4 is 31.1 Å². The molecule has 52 heavy (non-hydrogen) atoms. The van der Waals surface area contributed by atoms with Crippen molar-refractivity contribution in [1.29, 1.82) is 0 Å². The molecule has 9 aromatic rings. The highest BCUT2D eigenvalue weighted by molar-refractivity contribution is 8.00. The Morgan fingerprint density at radius 1 is 0.596 bits per heavy atom. The molecule has 0 radical (unpaired) electrons. The van der Waals surface area contributed by atoms with Gasteiger partial charge in [-0.05, 0) is 79.9 Å². The molecule has 2 aromatic heterocycles. The first-order chi connectivity index (χ1) is 26.7. The Kier molecular flexibility index (Phi) is 6.41. The van der Waals surface area contributed by atoms with E-state index in [0.717, 1.165) is 22.2 Å². The van der Waals surface area contributed by atoms with Gasteiger partial charge in [-0.15, -0.1) is 0 Å². The third kappa shape index (κ3) is 4.41. The maximum Gasteiger partial charge on any atom is 0.220 e.